The molecular weight excluding hydrogens is 421 g/mol. The van der Waals surface area contributed by atoms with Gasteiger partial charge in [0.1, 0.15) is 23.8 Å². The molecule has 3 aromatic rings. The van der Waals surface area contributed by atoms with Gasteiger partial charge in [0.15, 0.2) is 0 Å². The first-order chi connectivity index (χ1) is 15.1. The molecule has 1 aromatic heterocycles. The summed E-state index contributed by atoms with van der Waals surface area (Å²) in [7, 11) is 0. The number of β-amino-alcohol motifs (C(OH)–C–C–N with tert-alkyl or cyclic N) is 1. The van der Waals surface area contributed by atoms with E-state index in [1.165, 1.54) is 23.5 Å². The molecule has 31 heavy (non-hydrogen) atoms. The molecule has 0 aliphatic carbocycles. The van der Waals surface area contributed by atoms with Crippen LogP contribution in [0.15, 0.2) is 60.2 Å². The first-order valence-corrected chi connectivity index (χ1v) is 10.7. The number of carbonyl (C=O) groups is 1. The maximum atomic E-state index is 13.3. The summed E-state index contributed by atoms with van der Waals surface area (Å²) in [5, 5.41) is 16.8. The molecule has 3 N–H and O–H groups in total. The maximum Gasteiger partial charge on any atom is 0.407 e. The van der Waals surface area contributed by atoms with E-state index in [1.807, 2.05) is 24.3 Å². The van der Waals surface area contributed by atoms with Gasteiger partial charge in [-0.2, -0.15) is 0 Å². The van der Waals surface area contributed by atoms with Crippen LogP contribution < -0.4 is 15.4 Å². The summed E-state index contributed by atoms with van der Waals surface area (Å²) in [5.74, 6) is 0.337. The highest BCUT2D eigenvalue weighted by Crippen LogP contribution is 2.25. The highest BCUT2D eigenvalue weighted by Gasteiger charge is 2.37. The molecule has 2 heterocycles. The number of aliphatic hydroxyl groups excluding tert-OH is 1. The largest absolute Gasteiger partial charge is 0.445 e. The molecule has 1 fully saturated rings. The summed E-state index contributed by atoms with van der Waals surface area (Å²) in [6.07, 6.45) is 0.0680. The van der Waals surface area contributed by atoms with Crippen molar-refractivity contribution in [2.24, 2.45) is 0 Å². The van der Waals surface area contributed by atoms with Gasteiger partial charge in [0, 0.05) is 13.1 Å². The first-order valence-electron chi connectivity index (χ1n) is 9.82. The van der Waals surface area contributed by atoms with Gasteiger partial charge in [-0.1, -0.05) is 35.6 Å². The van der Waals surface area contributed by atoms with Gasteiger partial charge >= 0.3 is 6.09 Å². The average Bonchev–Trinajstić information content (AvgIpc) is 3.39. The topological polar surface area (TPSA) is 92.7 Å². The predicted octanol–water partition coefficient (Wildman–Crippen LogP) is 3.24. The molecule has 7 nitrogen and oxygen atoms in total. The van der Waals surface area contributed by atoms with Crippen LogP contribution in [0.3, 0.4) is 0 Å². The summed E-state index contributed by atoms with van der Waals surface area (Å²) in [6, 6.07) is 13.3. The Balaban J connectivity index is 1.31. The molecule has 4 rings (SSSR count). The van der Waals surface area contributed by atoms with Gasteiger partial charge in [0.05, 0.1) is 17.7 Å². The summed E-state index contributed by atoms with van der Waals surface area (Å²) in [5.41, 5.74) is 3.34. The number of rotatable bonds is 7. The number of amides is 1. The number of thiazole rings is 1. The van der Waals surface area contributed by atoms with E-state index in [2.05, 4.69) is 15.6 Å². The average molecular weight is 444 g/mol. The molecule has 1 saturated heterocycles. The van der Waals surface area contributed by atoms with Crippen molar-refractivity contribution in [1.82, 2.24) is 15.6 Å². The fraction of sp³-hybridized carbons (Fsp3) is 0.273. The number of benzene rings is 2. The summed E-state index contributed by atoms with van der Waals surface area (Å²) in [6.45, 7) is 0.470. The van der Waals surface area contributed by atoms with E-state index in [0.717, 1.165) is 5.56 Å². The number of nitrogens with zero attached hydrogens (tertiary/aromatic N) is 1. The highest BCUT2D eigenvalue weighted by atomic mass is 32.1. The third-order valence-electron chi connectivity index (χ3n) is 4.94. The van der Waals surface area contributed by atoms with Crippen molar-refractivity contribution in [3.63, 3.8) is 0 Å². The molecule has 0 saturated carbocycles. The number of hydrogen-bond donors (Lipinski definition) is 3. The van der Waals surface area contributed by atoms with Crippen LogP contribution in [0, 0.1) is 5.82 Å². The SMILES string of the molecule is O=C(NCc1cccc(F)c1)O[C@@H]1[C@@H](O)CN[C@@H]1Cc1ccc(Oc2cncs2)cc1. The second kappa shape index (κ2) is 9.86. The maximum absolute atomic E-state index is 13.3. The Labute approximate surface area is 182 Å². The molecule has 1 aliphatic rings. The smallest absolute Gasteiger partial charge is 0.407 e. The summed E-state index contributed by atoms with van der Waals surface area (Å²) < 4.78 is 24.4. The number of nitrogens with one attached hydrogen (secondary N) is 2. The molecule has 0 spiro atoms. The van der Waals surface area contributed by atoms with Gasteiger partial charge in [-0.15, -0.1) is 0 Å². The van der Waals surface area contributed by atoms with Crippen molar-refractivity contribution in [2.75, 3.05) is 6.54 Å². The van der Waals surface area contributed by atoms with E-state index in [-0.39, 0.29) is 18.4 Å². The number of alkyl carbamates (subject to hydrolysis) is 1. The minimum Gasteiger partial charge on any atom is -0.445 e. The normalized spacial score (nSPS) is 20.4. The lowest BCUT2D eigenvalue weighted by Gasteiger charge is -2.22. The van der Waals surface area contributed by atoms with Crippen LogP contribution in [0.2, 0.25) is 0 Å². The fourth-order valence-electron chi connectivity index (χ4n) is 3.43. The number of aromatic nitrogens is 1. The van der Waals surface area contributed by atoms with E-state index in [4.69, 9.17) is 9.47 Å². The predicted molar refractivity (Wildman–Crippen MR) is 114 cm³/mol. The zero-order valence-electron chi connectivity index (χ0n) is 16.5. The third kappa shape index (κ3) is 5.78. The second-order valence-corrected chi connectivity index (χ2v) is 8.05. The van der Waals surface area contributed by atoms with Gasteiger partial charge in [0.25, 0.3) is 0 Å². The van der Waals surface area contributed by atoms with E-state index in [9.17, 15) is 14.3 Å². The number of hydrogen-bond acceptors (Lipinski definition) is 7. The van der Waals surface area contributed by atoms with Crippen molar-refractivity contribution >= 4 is 17.4 Å². The van der Waals surface area contributed by atoms with Crippen molar-refractivity contribution in [1.29, 1.82) is 0 Å². The van der Waals surface area contributed by atoms with E-state index >= 15 is 0 Å². The van der Waals surface area contributed by atoms with Gasteiger partial charge in [0.2, 0.25) is 5.06 Å². The molecule has 0 unspecified atom stereocenters. The number of carbonyl (C=O) groups excluding carboxylic acids is 1. The Morgan fingerprint density at radius 2 is 2.10 bits per heavy atom. The van der Waals surface area contributed by atoms with Crippen LogP contribution >= 0.6 is 11.3 Å². The lowest BCUT2D eigenvalue weighted by Crippen LogP contribution is -2.41. The highest BCUT2D eigenvalue weighted by molar-refractivity contribution is 7.11. The lowest BCUT2D eigenvalue weighted by molar-refractivity contribution is 0.0188. The quantitative estimate of drug-likeness (QED) is 0.519. The Hall–Kier alpha value is -3.01. The Morgan fingerprint density at radius 3 is 2.84 bits per heavy atom. The Bertz CT molecular complexity index is 1000. The molecule has 9 heteroatoms. The Morgan fingerprint density at radius 1 is 1.26 bits per heavy atom. The van der Waals surface area contributed by atoms with E-state index in [0.29, 0.717) is 29.3 Å². The standard InChI is InChI=1S/C22H22FN3O4S/c23-16-3-1-2-15(8-16)10-26-22(28)30-21-18(25-11-19(21)27)9-14-4-6-17(7-5-14)29-20-12-24-13-31-20/h1-8,12-13,18-19,21,25,27H,9-11H2,(H,26,28)/t18-,19+,21+/m1/s1. The number of ether oxygens (including phenoxy) is 2. The lowest BCUT2D eigenvalue weighted by atomic mass is 10.0. The zero-order valence-corrected chi connectivity index (χ0v) is 17.3. The van der Waals surface area contributed by atoms with Crippen LogP contribution in [-0.4, -0.2) is 41.0 Å². The van der Waals surface area contributed by atoms with E-state index in [1.54, 1.807) is 23.8 Å². The zero-order chi connectivity index (χ0) is 21.6. The van der Waals surface area contributed by atoms with Crippen molar-refractivity contribution in [3.05, 3.63) is 77.2 Å². The van der Waals surface area contributed by atoms with Crippen molar-refractivity contribution < 1.29 is 23.8 Å². The first kappa shape index (κ1) is 21.2. The van der Waals surface area contributed by atoms with Crippen LogP contribution in [0.4, 0.5) is 9.18 Å². The van der Waals surface area contributed by atoms with E-state index < -0.39 is 18.3 Å². The molecular formula is C22H22FN3O4S. The van der Waals surface area contributed by atoms with Crippen LogP contribution in [0.25, 0.3) is 0 Å². The van der Waals surface area contributed by atoms with Gasteiger partial charge in [-0.25, -0.2) is 14.2 Å². The Kier molecular flexibility index (Phi) is 6.76. The molecule has 1 amide bonds. The van der Waals surface area contributed by atoms with Gasteiger partial charge < -0.3 is 25.2 Å². The van der Waals surface area contributed by atoms with Crippen molar-refractivity contribution in [3.8, 4) is 10.8 Å². The van der Waals surface area contributed by atoms with Gasteiger partial charge in [-0.05, 0) is 41.8 Å². The molecule has 3 atom stereocenters. The second-order valence-electron chi connectivity index (χ2n) is 7.21. The monoisotopic (exact) mass is 443 g/mol. The molecule has 0 bridgehead atoms. The summed E-state index contributed by atoms with van der Waals surface area (Å²) in [4.78, 5) is 16.2. The molecule has 1 aliphatic heterocycles. The van der Waals surface area contributed by atoms with Crippen molar-refractivity contribution in [2.45, 2.75) is 31.2 Å². The number of halogens is 1. The third-order valence-corrected chi connectivity index (χ3v) is 5.59. The number of aliphatic hydroxyl groups is 1. The van der Waals surface area contributed by atoms with Crippen LogP contribution in [0.1, 0.15) is 11.1 Å². The minimum absolute atomic E-state index is 0.138. The molecule has 0 radical (unpaired) electrons. The molecule has 162 valence electrons. The van der Waals surface area contributed by atoms with Crippen LogP contribution in [-0.2, 0) is 17.7 Å². The van der Waals surface area contributed by atoms with Crippen LogP contribution in [0.5, 0.6) is 10.8 Å². The minimum atomic E-state index is -0.807. The van der Waals surface area contributed by atoms with Gasteiger partial charge in [-0.3, -0.25) is 0 Å². The fourth-order valence-corrected chi connectivity index (χ4v) is 3.92. The summed E-state index contributed by atoms with van der Waals surface area (Å²) >= 11 is 1.41. The molecule has 2 aromatic carbocycles.